The van der Waals surface area contributed by atoms with Crippen molar-refractivity contribution in [2.24, 2.45) is 5.92 Å². The molecule has 0 unspecified atom stereocenters. The summed E-state index contributed by atoms with van der Waals surface area (Å²) in [5, 5.41) is 0. The molecule has 1 atom stereocenters. The van der Waals surface area contributed by atoms with Crippen LogP contribution < -0.4 is 0 Å². The number of ether oxygens (including phenoxy) is 1. The van der Waals surface area contributed by atoms with E-state index >= 15 is 0 Å². The zero-order chi connectivity index (χ0) is 15.1. The van der Waals surface area contributed by atoms with Crippen LogP contribution in [0.15, 0.2) is 6.33 Å². The molecule has 1 aromatic heterocycles. The van der Waals surface area contributed by atoms with Crippen molar-refractivity contribution in [3.05, 3.63) is 17.7 Å². The Morgan fingerprint density at radius 1 is 1.38 bits per heavy atom. The van der Waals surface area contributed by atoms with Crippen molar-refractivity contribution in [2.45, 2.75) is 51.7 Å². The van der Waals surface area contributed by atoms with Gasteiger partial charge < -0.3 is 14.2 Å². The second-order valence-electron chi connectivity index (χ2n) is 6.12. The number of aromatic nitrogens is 2. The SMILES string of the molecule is COC(=O)[C@@H]1Cc2ncn(C(C)C)c2CN1C(=O)C1CC1. The lowest BCUT2D eigenvalue weighted by molar-refractivity contribution is -0.154. The van der Waals surface area contributed by atoms with Gasteiger partial charge in [0.2, 0.25) is 5.91 Å². The lowest BCUT2D eigenvalue weighted by atomic mass is 10.0. The summed E-state index contributed by atoms with van der Waals surface area (Å²) in [7, 11) is 1.37. The number of rotatable bonds is 3. The third-order valence-electron chi connectivity index (χ3n) is 4.31. The van der Waals surface area contributed by atoms with Gasteiger partial charge in [0.1, 0.15) is 6.04 Å². The molecule has 3 rings (SSSR count). The summed E-state index contributed by atoms with van der Waals surface area (Å²) in [4.78, 5) is 30.6. The molecule has 2 heterocycles. The average Bonchev–Trinajstić information content (AvgIpc) is 3.23. The minimum Gasteiger partial charge on any atom is -0.467 e. The highest BCUT2D eigenvalue weighted by Crippen LogP contribution is 2.35. The van der Waals surface area contributed by atoms with Crippen LogP contribution in [0.25, 0.3) is 0 Å². The maximum Gasteiger partial charge on any atom is 0.329 e. The van der Waals surface area contributed by atoms with Crippen molar-refractivity contribution >= 4 is 11.9 Å². The fraction of sp³-hybridized carbons (Fsp3) is 0.667. The van der Waals surface area contributed by atoms with Crippen LogP contribution in [0.4, 0.5) is 0 Å². The first-order chi connectivity index (χ1) is 10.0. The van der Waals surface area contributed by atoms with E-state index in [0.717, 1.165) is 24.2 Å². The van der Waals surface area contributed by atoms with Crippen molar-refractivity contribution in [1.29, 1.82) is 0 Å². The van der Waals surface area contributed by atoms with E-state index in [-0.39, 0.29) is 23.8 Å². The van der Waals surface area contributed by atoms with E-state index in [1.54, 1.807) is 11.2 Å². The summed E-state index contributed by atoms with van der Waals surface area (Å²) in [5.74, 6) is -0.185. The maximum absolute atomic E-state index is 12.5. The van der Waals surface area contributed by atoms with Crippen LogP contribution in [-0.4, -0.2) is 39.5 Å². The Hall–Kier alpha value is -1.85. The van der Waals surface area contributed by atoms with Crippen molar-refractivity contribution in [3.8, 4) is 0 Å². The highest BCUT2D eigenvalue weighted by molar-refractivity contribution is 5.87. The predicted octanol–water partition coefficient (Wildman–Crippen LogP) is 1.30. The van der Waals surface area contributed by atoms with Gasteiger partial charge in [0, 0.05) is 18.4 Å². The third-order valence-corrected chi connectivity index (χ3v) is 4.31. The molecule has 21 heavy (non-hydrogen) atoms. The Morgan fingerprint density at radius 2 is 2.10 bits per heavy atom. The van der Waals surface area contributed by atoms with Gasteiger partial charge in [-0.15, -0.1) is 0 Å². The summed E-state index contributed by atoms with van der Waals surface area (Å²) in [6.07, 6.45) is 4.11. The van der Waals surface area contributed by atoms with Gasteiger partial charge in [-0.1, -0.05) is 0 Å². The van der Waals surface area contributed by atoms with Crippen LogP contribution in [0, 0.1) is 5.92 Å². The van der Waals surface area contributed by atoms with Crippen LogP contribution in [0.5, 0.6) is 0 Å². The molecular weight excluding hydrogens is 270 g/mol. The zero-order valence-electron chi connectivity index (χ0n) is 12.7. The number of esters is 1. The second-order valence-corrected chi connectivity index (χ2v) is 6.12. The van der Waals surface area contributed by atoms with Gasteiger partial charge in [0.15, 0.2) is 0 Å². The van der Waals surface area contributed by atoms with Gasteiger partial charge in [0.05, 0.1) is 31.4 Å². The van der Waals surface area contributed by atoms with E-state index in [4.69, 9.17) is 4.74 Å². The molecule has 0 saturated heterocycles. The summed E-state index contributed by atoms with van der Waals surface area (Å²) < 4.78 is 6.95. The molecule has 1 amide bonds. The molecule has 1 aromatic rings. The van der Waals surface area contributed by atoms with Gasteiger partial charge in [-0.05, 0) is 26.7 Å². The lowest BCUT2D eigenvalue weighted by Gasteiger charge is -2.34. The van der Waals surface area contributed by atoms with Crippen LogP contribution in [0.1, 0.15) is 44.1 Å². The van der Waals surface area contributed by atoms with Gasteiger partial charge in [-0.3, -0.25) is 4.79 Å². The molecule has 1 aliphatic carbocycles. The smallest absolute Gasteiger partial charge is 0.329 e. The Bertz CT molecular complexity index is 575. The molecular formula is C15H21N3O3. The summed E-state index contributed by atoms with van der Waals surface area (Å²) >= 11 is 0. The van der Waals surface area contributed by atoms with Gasteiger partial charge >= 0.3 is 5.97 Å². The zero-order valence-corrected chi connectivity index (χ0v) is 12.7. The van der Waals surface area contributed by atoms with Crippen LogP contribution in [-0.2, 0) is 27.3 Å². The first-order valence-electron chi connectivity index (χ1n) is 7.45. The molecule has 114 valence electrons. The molecule has 6 nitrogen and oxygen atoms in total. The van der Waals surface area contributed by atoms with Crippen molar-refractivity contribution in [2.75, 3.05) is 7.11 Å². The molecule has 1 fully saturated rings. The number of imidazole rings is 1. The summed E-state index contributed by atoms with van der Waals surface area (Å²) in [6.45, 7) is 4.62. The van der Waals surface area contributed by atoms with E-state index in [0.29, 0.717) is 13.0 Å². The number of nitrogens with zero attached hydrogens (tertiary/aromatic N) is 3. The highest BCUT2D eigenvalue weighted by atomic mass is 16.5. The van der Waals surface area contributed by atoms with Crippen LogP contribution in [0.3, 0.4) is 0 Å². The van der Waals surface area contributed by atoms with Crippen LogP contribution in [0.2, 0.25) is 0 Å². The second kappa shape index (κ2) is 5.16. The summed E-state index contributed by atoms with van der Waals surface area (Å²) in [6, 6.07) is -0.250. The normalized spacial score (nSPS) is 21.3. The minimum absolute atomic E-state index is 0.0764. The number of hydrogen-bond acceptors (Lipinski definition) is 4. The average molecular weight is 291 g/mol. The molecule has 0 radical (unpaired) electrons. The van der Waals surface area contributed by atoms with Crippen molar-refractivity contribution in [1.82, 2.24) is 14.5 Å². The molecule has 0 spiro atoms. The van der Waals surface area contributed by atoms with Gasteiger partial charge in [-0.2, -0.15) is 0 Å². The molecule has 6 heteroatoms. The molecule has 0 N–H and O–H groups in total. The number of methoxy groups -OCH3 is 1. The first kappa shape index (κ1) is 14.1. The summed E-state index contributed by atoms with van der Waals surface area (Å²) in [5.41, 5.74) is 1.94. The Kier molecular flexibility index (Phi) is 3.47. The first-order valence-corrected chi connectivity index (χ1v) is 7.45. The predicted molar refractivity (Wildman–Crippen MR) is 75.4 cm³/mol. The Labute approximate surface area is 124 Å². The molecule has 1 saturated carbocycles. The standard InChI is InChI=1S/C15H21N3O3/c1-9(2)18-8-16-11-6-12(15(20)21-3)17(7-13(11)18)14(19)10-4-5-10/h8-10,12H,4-7H2,1-3H3/t12-/m0/s1. The fourth-order valence-corrected chi connectivity index (χ4v) is 2.92. The third kappa shape index (κ3) is 2.43. The molecule has 2 aliphatic rings. The maximum atomic E-state index is 12.5. The van der Waals surface area contributed by atoms with Gasteiger partial charge in [-0.25, -0.2) is 9.78 Å². The van der Waals surface area contributed by atoms with E-state index in [1.165, 1.54) is 7.11 Å². The quantitative estimate of drug-likeness (QED) is 0.787. The number of carbonyl (C=O) groups excluding carboxylic acids is 2. The monoisotopic (exact) mass is 291 g/mol. The lowest BCUT2D eigenvalue weighted by Crippen LogP contribution is -2.50. The molecule has 0 aromatic carbocycles. The highest BCUT2D eigenvalue weighted by Gasteiger charge is 2.42. The van der Waals surface area contributed by atoms with Crippen molar-refractivity contribution in [3.63, 3.8) is 0 Å². The van der Waals surface area contributed by atoms with E-state index < -0.39 is 6.04 Å². The number of fused-ring (bicyclic) bond motifs is 1. The molecule has 1 aliphatic heterocycles. The number of carbonyl (C=O) groups is 2. The van der Waals surface area contributed by atoms with Crippen LogP contribution >= 0.6 is 0 Å². The largest absolute Gasteiger partial charge is 0.467 e. The Balaban J connectivity index is 1.94. The minimum atomic E-state index is -0.536. The Morgan fingerprint density at radius 3 is 2.67 bits per heavy atom. The molecule has 0 bridgehead atoms. The van der Waals surface area contributed by atoms with Crippen molar-refractivity contribution < 1.29 is 14.3 Å². The number of amides is 1. The van der Waals surface area contributed by atoms with E-state index in [2.05, 4.69) is 23.4 Å². The van der Waals surface area contributed by atoms with E-state index in [9.17, 15) is 9.59 Å². The fourth-order valence-electron chi connectivity index (χ4n) is 2.92. The van der Waals surface area contributed by atoms with E-state index in [1.807, 2.05) is 0 Å². The topological polar surface area (TPSA) is 64.4 Å². The number of hydrogen-bond donors (Lipinski definition) is 0. The van der Waals surface area contributed by atoms with Gasteiger partial charge in [0.25, 0.3) is 0 Å².